The molecule has 6 aromatic rings. The minimum Gasteiger partial charge on any atom is -0.288 e. The van der Waals surface area contributed by atoms with Gasteiger partial charge in [-0.1, -0.05) is 60.7 Å². The van der Waals surface area contributed by atoms with Crippen molar-refractivity contribution in [1.29, 1.82) is 10.7 Å². The van der Waals surface area contributed by atoms with Gasteiger partial charge in [0.1, 0.15) is 22.6 Å². The lowest BCUT2D eigenvalue weighted by Crippen LogP contribution is -2.20. The molecule has 6 nitrogen and oxygen atoms in total. The normalized spacial score (nSPS) is 11.3. The number of para-hydroxylation sites is 3. The van der Waals surface area contributed by atoms with Gasteiger partial charge in [-0.25, -0.2) is 4.98 Å². The van der Waals surface area contributed by atoms with Gasteiger partial charge >= 0.3 is 0 Å². The summed E-state index contributed by atoms with van der Waals surface area (Å²) in [6.45, 7) is 0. The summed E-state index contributed by atoms with van der Waals surface area (Å²) in [5, 5.41) is 19.4. The Kier molecular flexibility index (Phi) is 3.73. The molecular weight excluding hydrogens is 398 g/mol. The third kappa shape index (κ3) is 2.30. The number of nitrogens with zero attached hydrogens (tertiary/aromatic N) is 4. The van der Waals surface area contributed by atoms with Crippen LogP contribution in [-0.4, -0.2) is 14.0 Å². The van der Waals surface area contributed by atoms with Crippen LogP contribution in [0.5, 0.6) is 0 Å². The van der Waals surface area contributed by atoms with Crippen LogP contribution < -0.4 is 11.0 Å². The van der Waals surface area contributed by atoms with Crippen LogP contribution >= 0.6 is 0 Å². The summed E-state index contributed by atoms with van der Waals surface area (Å²) in [5.41, 5.74) is 4.14. The first-order chi connectivity index (χ1) is 15.7. The fourth-order valence-electron chi connectivity index (χ4n) is 4.46. The maximum absolute atomic E-state index is 13.9. The third-order valence-corrected chi connectivity index (χ3v) is 5.80. The highest BCUT2D eigenvalue weighted by Crippen LogP contribution is 2.33. The van der Waals surface area contributed by atoms with Crippen molar-refractivity contribution in [3.63, 3.8) is 0 Å². The maximum Gasteiger partial charge on any atom is 0.267 e. The van der Waals surface area contributed by atoms with E-state index in [0.29, 0.717) is 38.8 Å². The van der Waals surface area contributed by atoms with Crippen LogP contribution in [0, 0.1) is 16.7 Å². The minimum absolute atomic E-state index is 0.0349. The van der Waals surface area contributed by atoms with Gasteiger partial charge in [0, 0.05) is 5.56 Å². The van der Waals surface area contributed by atoms with Gasteiger partial charge in [0.25, 0.3) is 5.56 Å². The van der Waals surface area contributed by atoms with E-state index in [1.54, 1.807) is 8.97 Å². The van der Waals surface area contributed by atoms with E-state index >= 15 is 0 Å². The van der Waals surface area contributed by atoms with Crippen molar-refractivity contribution in [2.45, 2.75) is 0 Å². The quantitative estimate of drug-likeness (QED) is 0.431. The van der Waals surface area contributed by atoms with E-state index in [9.17, 15) is 10.1 Å². The highest BCUT2D eigenvalue weighted by molar-refractivity contribution is 6.06. The molecule has 3 heterocycles. The number of rotatable bonds is 2. The molecule has 0 atom stereocenters. The first-order valence-corrected chi connectivity index (χ1v) is 10.1. The molecule has 3 aromatic carbocycles. The molecule has 0 unspecified atom stereocenters. The van der Waals surface area contributed by atoms with Crippen molar-refractivity contribution in [2.75, 3.05) is 0 Å². The summed E-state index contributed by atoms with van der Waals surface area (Å²) in [4.78, 5) is 18.8. The van der Waals surface area contributed by atoms with Gasteiger partial charge in [-0.15, -0.1) is 0 Å². The highest BCUT2D eigenvalue weighted by atomic mass is 16.1. The molecule has 3 aromatic heterocycles. The van der Waals surface area contributed by atoms with E-state index in [0.717, 1.165) is 5.56 Å². The largest absolute Gasteiger partial charge is 0.288 e. The highest BCUT2D eigenvalue weighted by Gasteiger charge is 2.26. The molecule has 0 amide bonds. The zero-order chi connectivity index (χ0) is 21.8. The van der Waals surface area contributed by atoms with Gasteiger partial charge < -0.3 is 0 Å². The van der Waals surface area contributed by atoms with Crippen LogP contribution in [-0.2, 0) is 0 Å². The van der Waals surface area contributed by atoms with Crippen LogP contribution in [0.3, 0.4) is 0 Å². The molecule has 0 radical (unpaired) electrons. The van der Waals surface area contributed by atoms with Crippen LogP contribution in [0.2, 0.25) is 0 Å². The lowest BCUT2D eigenvalue weighted by Gasteiger charge is -2.12. The molecule has 6 heteroatoms. The Morgan fingerprint density at radius 3 is 2.25 bits per heavy atom. The first kappa shape index (κ1) is 18.0. The Morgan fingerprint density at radius 1 is 0.875 bits per heavy atom. The zero-order valence-electron chi connectivity index (χ0n) is 16.8. The van der Waals surface area contributed by atoms with Crippen LogP contribution in [0.4, 0.5) is 0 Å². The molecule has 0 saturated carbocycles. The second-order valence-corrected chi connectivity index (χ2v) is 7.54. The van der Waals surface area contributed by atoms with Crippen molar-refractivity contribution in [3.8, 4) is 22.9 Å². The summed E-state index contributed by atoms with van der Waals surface area (Å²) >= 11 is 0. The Morgan fingerprint density at radius 2 is 1.53 bits per heavy atom. The van der Waals surface area contributed by atoms with E-state index < -0.39 is 0 Å². The van der Waals surface area contributed by atoms with E-state index in [2.05, 4.69) is 6.07 Å². The van der Waals surface area contributed by atoms with Crippen LogP contribution in [0.1, 0.15) is 5.56 Å². The first-order valence-electron chi connectivity index (χ1n) is 10.1. The molecule has 0 aliphatic carbocycles. The smallest absolute Gasteiger partial charge is 0.267 e. The van der Waals surface area contributed by atoms with Gasteiger partial charge in [-0.3, -0.25) is 19.2 Å². The SMILES string of the molecule is N#Cc1c(-c2ccccc2)c2c(=O)n(-c3ccccc3)c3nc4ccccc4n(c1=N)c23. The third-order valence-electron chi connectivity index (χ3n) is 5.80. The van der Waals surface area contributed by atoms with E-state index in [4.69, 9.17) is 10.4 Å². The number of nitriles is 1. The van der Waals surface area contributed by atoms with Gasteiger partial charge in [0.2, 0.25) is 0 Å². The van der Waals surface area contributed by atoms with Gasteiger partial charge in [-0.2, -0.15) is 5.26 Å². The average Bonchev–Trinajstić information content (AvgIpc) is 3.13. The summed E-state index contributed by atoms with van der Waals surface area (Å²) in [7, 11) is 0. The van der Waals surface area contributed by atoms with Crippen molar-refractivity contribution in [1.82, 2.24) is 14.0 Å². The van der Waals surface area contributed by atoms with Gasteiger partial charge in [0.05, 0.1) is 22.1 Å². The molecule has 32 heavy (non-hydrogen) atoms. The number of benzene rings is 3. The lowest BCUT2D eigenvalue weighted by atomic mass is 9.98. The molecule has 0 bridgehead atoms. The zero-order valence-corrected chi connectivity index (χ0v) is 16.8. The predicted molar refractivity (Wildman–Crippen MR) is 123 cm³/mol. The topological polar surface area (TPSA) is 86.9 Å². The predicted octanol–water partition coefficient (Wildman–Crippen LogP) is 4.25. The summed E-state index contributed by atoms with van der Waals surface area (Å²) < 4.78 is 3.25. The fourth-order valence-corrected chi connectivity index (χ4v) is 4.46. The number of pyridine rings is 1. The molecule has 1 N–H and O–H groups in total. The molecule has 0 aliphatic heterocycles. The Bertz CT molecular complexity index is 1810. The van der Waals surface area contributed by atoms with Crippen molar-refractivity contribution < 1.29 is 0 Å². The number of fused-ring (bicyclic) bond motifs is 2. The number of hydrogen-bond acceptors (Lipinski definition) is 4. The summed E-state index contributed by atoms with van der Waals surface area (Å²) in [6, 6.07) is 28.3. The van der Waals surface area contributed by atoms with Crippen molar-refractivity contribution in [2.24, 2.45) is 0 Å². The second kappa shape index (κ2) is 6.62. The monoisotopic (exact) mass is 413 g/mol. The van der Waals surface area contributed by atoms with Crippen LogP contribution in [0.15, 0.2) is 89.7 Å². The number of nitrogens with one attached hydrogen (secondary N) is 1. The van der Waals surface area contributed by atoms with Crippen molar-refractivity contribution >= 4 is 27.6 Å². The van der Waals surface area contributed by atoms with Crippen LogP contribution in [0.25, 0.3) is 44.4 Å². The Labute approximate surface area is 181 Å². The van der Waals surface area contributed by atoms with Gasteiger partial charge in [0.15, 0.2) is 5.65 Å². The maximum atomic E-state index is 13.9. The van der Waals surface area contributed by atoms with E-state index in [1.165, 1.54) is 0 Å². The molecule has 0 saturated heterocycles. The summed E-state index contributed by atoms with van der Waals surface area (Å²) in [6.07, 6.45) is 0. The fraction of sp³-hybridized carbons (Fsp3) is 0. The molecule has 0 spiro atoms. The second-order valence-electron chi connectivity index (χ2n) is 7.54. The standard InChI is InChI=1S/C26H15N5O/c27-15-18-21(16-9-3-1-4-10-16)22-23-25(30(26(22)32)17-11-5-2-6-12-17)29-19-13-7-8-14-20(19)31(23)24(18)28/h1-14,28H. The molecule has 0 aliphatic rings. The molecule has 0 fully saturated rings. The molecule has 150 valence electrons. The molecule has 6 rings (SSSR count). The van der Waals surface area contributed by atoms with E-state index in [-0.39, 0.29) is 16.6 Å². The summed E-state index contributed by atoms with van der Waals surface area (Å²) in [5.74, 6) is 0. The number of aromatic nitrogens is 3. The molecular formula is C26H15N5O. The Hall–Kier alpha value is -4.76. The van der Waals surface area contributed by atoms with E-state index in [1.807, 2.05) is 84.9 Å². The van der Waals surface area contributed by atoms with Crippen molar-refractivity contribution in [3.05, 3.63) is 106 Å². The minimum atomic E-state index is -0.262. The lowest BCUT2D eigenvalue weighted by molar-refractivity contribution is 1.02. The average molecular weight is 413 g/mol. The Balaban J connectivity index is 1.99. The number of hydrogen-bond donors (Lipinski definition) is 1. The van der Waals surface area contributed by atoms with Gasteiger partial charge in [-0.05, 0) is 29.8 Å².